The van der Waals surface area contributed by atoms with Crippen molar-refractivity contribution in [1.82, 2.24) is 19.9 Å². The lowest BCUT2D eigenvalue weighted by Gasteiger charge is -2.04. The maximum absolute atomic E-state index is 11.3. The third-order valence-electron chi connectivity index (χ3n) is 1.83. The molecule has 0 radical (unpaired) electrons. The van der Waals surface area contributed by atoms with E-state index in [-0.39, 0.29) is 5.56 Å². The van der Waals surface area contributed by atoms with Crippen LogP contribution < -0.4 is 11.3 Å². The largest absolute Gasteiger partial charge is 0.383 e. The lowest BCUT2D eigenvalue weighted by Crippen LogP contribution is -2.08. The van der Waals surface area contributed by atoms with Gasteiger partial charge in [0.15, 0.2) is 5.16 Å². The highest BCUT2D eigenvalue weighted by atomic mass is 79.9. The lowest BCUT2D eigenvalue weighted by atomic mass is 10.5. The maximum Gasteiger partial charge on any atom is 0.251 e. The van der Waals surface area contributed by atoms with Crippen LogP contribution in [0.2, 0.25) is 0 Å². The Kier molecular flexibility index (Phi) is 3.43. The van der Waals surface area contributed by atoms with E-state index in [9.17, 15) is 4.79 Å². The number of nitrogen functional groups attached to an aromatic ring is 1. The van der Waals surface area contributed by atoms with Gasteiger partial charge in [0.25, 0.3) is 5.56 Å². The van der Waals surface area contributed by atoms with Gasteiger partial charge in [-0.1, -0.05) is 0 Å². The predicted molar refractivity (Wildman–Crippen MR) is 67.9 cm³/mol. The van der Waals surface area contributed by atoms with Crippen molar-refractivity contribution in [2.24, 2.45) is 0 Å². The fourth-order valence-electron chi connectivity index (χ4n) is 1.13. The van der Waals surface area contributed by atoms with Crippen LogP contribution in [-0.4, -0.2) is 19.9 Å². The van der Waals surface area contributed by atoms with Crippen molar-refractivity contribution >= 4 is 33.5 Å². The van der Waals surface area contributed by atoms with Crippen molar-refractivity contribution in [3.8, 4) is 0 Å². The molecule has 0 aliphatic rings. The average molecular weight is 314 g/mol. The Morgan fingerprint density at radius 2 is 2.24 bits per heavy atom. The van der Waals surface area contributed by atoms with Gasteiger partial charge in [-0.2, -0.15) is 0 Å². The number of nitrogens with zero attached hydrogens (tertiary/aromatic N) is 3. The van der Waals surface area contributed by atoms with E-state index in [1.54, 1.807) is 6.92 Å². The molecule has 0 unspecified atom stereocenters. The van der Waals surface area contributed by atoms with Gasteiger partial charge in [-0.05, 0) is 34.6 Å². The Morgan fingerprint density at radius 1 is 1.47 bits per heavy atom. The molecule has 0 bridgehead atoms. The Labute approximate surface area is 109 Å². The SMILES string of the molecule is Cc1cc(=O)[nH]c(Sc2ncnc(N)c2Br)n1. The van der Waals surface area contributed by atoms with E-state index in [1.165, 1.54) is 24.2 Å². The van der Waals surface area contributed by atoms with Crippen LogP contribution >= 0.6 is 27.7 Å². The van der Waals surface area contributed by atoms with Crippen LogP contribution in [0.4, 0.5) is 5.82 Å². The van der Waals surface area contributed by atoms with Gasteiger partial charge in [-0.3, -0.25) is 4.79 Å². The molecule has 2 heterocycles. The van der Waals surface area contributed by atoms with Crippen LogP contribution in [0.25, 0.3) is 0 Å². The number of H-pyrrole nitrogens is 1. The quantitative estimate of drug-likeness (QED) is 0.642. The summed E-state index contributed by atoms with van der Waals surface area (Å²) in [6.07, 6.45) is 1.36. The summed E-state index contributed by atoms with van der Waals surface area (Å²) in [5, 5.41) is 1.07. The number of nitrogens with two attached hydrogens (primary N) is 1. The molecule has 3 N–H and O–H groups in total. The molecule has 17 heavy (non-hydrogen) atoms. The molecule has 0 saturated carbocycles. The van der Waals surface area contributed by atoms with Gasteiger partial charge in [0.05, 0.1) is 4.47 Å². The van der Waals surface area contributed by atoms with Crippen molar-refractivity contribution in [3.63, 3.8) is 0 Å². The summed E-state index contributed by atoms with van der Waals surface area (Å²) >= 11 is 4.50. The highest BCUT2D eigenvalue weighted by Gasteiger charge is 2.09. The molecule has 0 spiro atoms. The lowest BCUT2D eigenvalue weighted by molar-refractivity contribution is 0.899. The molecule has 88 valence electrons. The summed E-state index contributed by atoms with van der Waals surface area (Å²) in [6.45, 7) is 1.75. The summed E-state index contributed by atoms with van der Waals surface area (Å²) in [5.74, 6) is 0.345. The normalized spacial score (nSPS) is 10.5. The topological polar surface area (TPSA) is 97.5 Å². The van der Waals surface area contributed by atoms with E-state index < -0.39 is 0 Å². The Balaban J connectivity index is 2.38. The number of halogens is 1. The molecule has 0 aromatic carbocycles. The van der Waals surface area contributed by atoms with Crippen LogP contribution in [0.15, 0.2) is 31.8 Å². The van der Waals surface area contributed by atoms with Gasteiger partial charge in [0.1, 0.15) is 17.2 Å². The number of aryl methyl sites for hydroxylation is 1. The molecule has 0 fully saturated rings. The summed E-state index contributed by atoms with van der Waals surface area (Å²) in [6, 6.07) is 1.42. The maximum atomic E-state index is 11.3. The minimum Gasteiger partial charge on any atom is -0.383 e. The number of aromatic nitrogens is 4. The van der Waals surface area contributed by atoms with Crippen molar-refractivity contribution < 1.29 is 0 Å². The minimum absolute atomic E-state index is 0.196. The van der Waals surface area contributed by atoms with Crippen LogP contribution in [0.5, 0.6) is 0 Å². The van der Waals surface area contributed by atoms with Gasteiger partial charge in [0, 0.05) is 11.8 Å². The third kappa shape index (κ3) is 2.83. The summed E-state index contributed by atoms with van der Waals surface area (Å²) in [4.78, 5) is 26.0. The van der Waals surface area contributed by atoms with E-state index in [0.717, 1.165) is 0 Å². The van der Waals surface area contributed by atoms with Crippen molar-refractivity contribution in [3.05, 3.63) is 32.9 Å². The van der Waals surface area contributed by atoms with Gasteiger partial charge in [-0.25, -0.2) is 15.0 Å². The van der Waals surface area contributed by atoms with Gasteiger partial charge >= 0.3 is 0 Å². The number of aromatic amines is 1. The molecule has 0 amide bonds. The van der Waals surface area contributed by atoms with E-state index in [2.05, 4.69) is 35.9 Å². The first kappa shape index (κ1) is 12.1. The highest BCUT2D eigenvalue weighted by molar-refractivity contribution is 9.10. The third-order valence-corrected chi connectivity index (χ3v) is 3.76. The van der Waals surface area contributed by atoms with E-state index >= 15 is 0 Å². The average Bonchev–Trinajstić information content (AvgIpc) is 2.23. The zero-order chi connectivity index (χ0) is 12.4. The number of hydrogen-bond acceptors (Lipinski definition) is 6. The smallest absolute Gasteiger partial charge is 0.251 e. The number of hydrogen-bond donors (Lipinski definition) is 2. The van der Waals surface area contributed by atoms with Crippen molar-refractivity contribution in [1.29, 1.82) is 0 Å². The first-order chi connectivity index (χ1) is 8.06. The van der Waals surface area contributed by atoms with Crippen LogP contribution in [0.3, 0.4) is 0 Å². The van der Waals surface area contributed by atoms with Crippen LogP contribution in [0, 0.1) is 6.92 Å². The highest BCUT2D eigenvalue weighted by Crippen LogP contribution is 2.31. The second kappa shape index (κ2) is 4.84. The zero-order valence-electron chi connectivity index (χ0n) is 8.77. The Hall–Kier alpha value is -1.41. The molecule has 0 saturated heterocycles. The van der Waals surface area contributed by atoms with E-state index in [4.69, 9.17) is 5.73 Å². The Morgan fingerprint density at radius 3 is 2.94 bits per heavy atom. The standard InChI is InChI=1S/C9H8BrN5OS/c1-4-2-5(16)15-9(14-4)17-8-6(10)7(11)12-3-13-8/h2-3H,1H3,(H2,11,12,13)(H,14,15,16). The Bertz CT molecular complexity index is 615. The van der Waals surface area contributed by atoms with Crippen molar-refractivity contribution in [2.45, 2.75) is 17.1 Å². The molecule has 6 nitrogen and oxygen atoms in total. The van der Waals surface area contributed by atoms with Crippen LogP contribution in [0.1, 0.15) is 5.69 Å². The molecule has 2 rings (SSSR count). The first-order valence-electron chi connectivity index (χ1n) is 4.58. The molecule has 0 aliphatic carbocycles. The molecule has 0 atom stereocenters. The fraction of sp³-hybridized carbons (Fsp3) is 0.111. The number of anilines is 1. The van der Waals surface area contributed by atoms with Gasteiger partial charge < -0.3 is 10.7 Å². The van der Waals surface area contributed by atoms with Crippen LogP contribution in [-0.2, 0) is 0 Å². The summed E-state index contributed by atoms with van der Waals surface area (Å²) in [5.41, 5.74) is 6.08. The second-order valence-electron chi connectivity index (χ2n) is 3.17. The van der Waals surface area contributed by atoms with Crippen molar-refractivity contribution in [2.75, 3.05) is 5.73 Å². The summed E-state index contributed by atoms with van der Waals surface area (Å²) < 4.78 is 0.592. The van der Waals surface area contributed by atoms with Gasteiger partial charge in [0.2, 0.25) is 0 Å². The van der Waals surface area contributed by atoms with E-state index in [0.29, 0.717) is 26.2 Å². The van der Waals surface area contributed by atoms with E-state index in [1.807, 2.05) is 0 Å². The molecule has 0 aliphatic heterocycles. The predicted octanol–water partition coefficient (Wildman–Crippen LogP) is 1.36. The zero-order valence-corrected chi connectivity index (χ0v) is 11.2. The second-order valence-corrected chi connectivity index (χ2v) is 4.94. The van der Waals surface area contributed by atoms with Gasteiger partial charge in [-0.15, -0.1) is 0 Å². The monoisotopic (exact) mass is 313 g/mol. The first-order valence-corrected chi connectivity index (χ1v) is 6.19. The molecule has 8 heteroatoms. The molecular formula is C9H8BrN5OS. The number of nitrogens with one attached hydrogen (secondary N) is 1. The molecule has 2 aromatic rings. The summed E-state index contributed by atoms with van der Waals surface area (Å²) in [7, 11) is 0. The molecule has 2 aromatic heterocycles. The molecular weight excluding hydrogens is 306 g/mol. The fourth-order valence-corrected chi connectivity index (χ4v) is 2.40. The number of rotatable bonds is 2. The minimum atomic E-state index is -0.196.